The first kappa shape index (κ1) is 10.0. The first-order valence-corrected chi connectivity index (χ1v) is 4.84. The predicted octanol–water partition coefficient (Wildman–Crippen LogP) is 3.08. The molecule has 1 fully saturated rings. The summed E-state index contributed by atoms with van der Waals surface area (Å²) >= 11 is 0. The first-order valence-electron chi connectivity index (χ1n) is 4.84. The van der Waals surface area contributed by atoms with Crippen molar-refractivity contribution in [1.82, 2.24) is 0 Å². The van der Waals surface area contributed by atoms with Crippen molar-refractivity contribution in [2.75, 3.05) is 0 Å². The number of hydrogen-bond acceptors (Lipinski definition) is 2. The predicted molar refractivity (Wildman–Crippen MR) is 48.9 cm³/mol. The van der Waals surface area contributed by atoms with Crippen LogP contribution in [0.1, 0.15) is 46.5 Å². The molecule has 2 heteroatoms. The Kier molecular flexibility index (Phi) is 3.13. The van der Waals surface area contributed by atoms with Crippen LogP contribution in [0.5, 0.6) is 0 Å². The van der Waals surface area contributed by atoms with Crippen molar-refractivity contribution < 1.29 is 10.1 Å². The van der Waals surface area contributed by atoms with Crippen LogP contribution >= 0.6 is 0 Å². The SMILES string of the molecule is CC(C)(C)C1CCC(OO)CC1. The van der Waals surface area contributed by atoms with Crippen LogP contribution in [0.25, 0.3) is 0 Å². The normalized spacial score (nSPS) is 32.0. The second kappa shape index (κ2) is 3.75. The summed E-state index contributed by atoms with van der Waals surface area (Å²) < 4.78 is 0. The van der Waals surface area contributed by atoms with Crippen molar-refractivity contribution in [3.63, 3.8) is 0 Å². The van der Waals surface area contributed by atoms with Crippen molar-refractivity contribution in [2.24, 2.45) is 11.3 Å². The quantitative estimate of drug-likeness (QED) is 0.486. The number of hydrogen-bond donors (Lipinski definition) is 1. The number of rotatable bonds is 1. The molecule has 72 valence electrons. The monoisotopic (exact) mass is 172 g/mol. The standard InChI is InChI=1S/C10H20O2/c1-10(2,3)8-4-6-9(12-11)7-5-8/h8-9,11H,4-7H2,1-3H3. The summed E-state index contributed by atoms with van der Waals surface area (Å²) in [4.78, 5) is 4.35. The van der Waals surface area contributed by atoms with Crippen LogP contribution in [-0.4, -0.2) is 11.4 Å². The van der Waals surface area contributed by atoms with Crippen LogP contribution in [0.3, 0.4) is 0 Å². The Hall–Kier alpha value is -0.0800. The van der Waals surface area contributed by atoms with Gasteiger partial charge >= 0.3 is 0 Å². The molecule has 1 N–H and O–H groups in total. The Bertz CT molecular complexity index is 129. The zero-order valence-corrected chi connectivity index (χ0v) is 8.34. The maximum Gasteiger partial charge on any atom is 0.0927 e. The molecule has 0 aliphatic heterocycles. The molecule has 2 nitrogen and oxygen atoms in total. The van der Waals surface area contributed by atoms with Gasteiger partial charge in [-0.3, -0.25) is 5.26 Å². The van der Waals surface area contributed by atoms with E-state index in [1.54, 1.807) is 0 Å². The average Bonchev–Trinajstić information content (AvgIpc) is 2.03. The van der Waals surface area contributed by atoms with E-state index in [0.29, 0.717) is 5.41 Å². The Labute approximate surface area is 74.9 Å². The van der Waals surface area contributed by atoms with Gasteiger partial charge in [-0.15, -0.1) is 0 Å². The highest BCUT2D eigenvalue weighted by molar-refractivity contribution is 4.80. The van der Waals surface area contributed by atoms with E-state index in [1.807, 2.05) is 0 Å². The van der Waals surface area contributed by atoms with Crippen molar-refractivity contribution >= 4 is 0 Å². The minimum atomic E-state index is 0.101. The van der Waals surface area contributed by atoms with Gasteiger partial charge in [0.2, 0.25) is 0 Å². The van der Waals surface area contributed by atoms with Crippen LogP contribution in [0.15, 0.2) is 0 Å². The molecule has 0 aromatic heterocycles. The lowest BCUT2D eigenvalue weighted by Gasteiger charge is -2.35. The summed E-state index contributed by atoms with van der Waals surface area (Å²) in [6, 6.07) is 0. The molecule has 0 atom stereocenters. The van der Waals surface area contributed by atoms with Crippen molar-refractivity contribution in [2.45, 2.75) is 52.6 Å². The second-order valence-corrected chi connectivity index (χ2v) is 4.95. The zero-order valence-electron chi connectivity index (χ0n) is 8.34. The fourth-order valence-electron chi connectivity index (χ4n) is 2.03. The fraction of sp³-hybridized carbons (Fsp3) is 1.00. The molecule has 1 aliphatic carbocycles. The average molecular weight is 172 g/mol. The Morgan fingerprint density at radius 2 is 1.58 bits per heavy atom. The molecule has 0 aromatic carbocycles. The van der Waals surface area contributed by atoms with E-state index in [9.17, 15) is 0 Å². The van der Waals surface area contributed by atoms with Gasteiger partial charge in [0.25, 0.3) is 0 Å². The summed E-state index contributed by atoms with van der Waals surface area (Å²) in [6.45, 7) is 6.87. The minimum absolute atomic E-state index is 0.101. The molecule has 12 heavy (non-hydrogen) atoms. The van der Waals surface area contributed by atoms with E-state index < -0.39 is 0 Å². The Morgan fingerprint density at radius 1 is 1.08 bits per heavy atom. The molecule has 1 rings (SSSR count). The molecular weight excluding hydrogens is 152 g/mol. The summed E-state index contributed by atoms with van der Waals surface area (Å²) in [5.74, 6) is 0.795. The highest BCUT2D eigenvalue weighted by Crippen LogP contribution is 2.38. The largest absolute Gasteiger partial charge is 0.252 e. The van der Waals surface area contributed by atoms with Gasteiger partial charge in [0.1, 0.15) is 0 Å². The molecule has 0 radical (unpaired) electrons. The maximum absolute atomic E-state index is 8.48. The minimum Gasteiger partial charge on any atom is -0.252 e. The summed E-state index contributed by atoms with van der Waals surface area (Å²) in [5, 5.41) is 8.48. The fourth-order valence-corrected chi connectivity index (χ4v) is 2.03. The molecule has 0 heterocycles. The highest BCUT2D eigenvalue weighted by atomic mass is 17.1. The van der Waals surface area contributed by atoms with E-state index in [1.165, 1.54) is 12.8 Å². The van der Waals surface area contributed by atoms with E-state index in [0.717, 1.165) is 18.8 Å². The van der Waals surface area contributed by atoms with Gasteiger partial charge in [0, 0.05) is 0 Å². The molecule has 0 bridgehead atoms. The molecule has 0 saturated heterocycles. The summed E-state index contributed by atoms with van der Waals surface area (Å²) in [7, 11) is 0. The van der Waals surface area contributed by atoms with Gasteiger partial charge < -0.3 is 0 Å². The van der Waals surface area contributed by atoms with Crippen LogP contribution in [0.2, 0.25) is 0 Å². The zero-order chi connectivity index (χ0) is 9.19. The van der Waals surface area contributed by atoms with Crippen molar-refractivity contribution in [3.8, 4) is 0 Å². The maximum atomic E-state index is 8.48. The van der Waals surface area contributed by atoms with E-state index in [-0.39, 0.29) is 6.10 Å². The molecule has 1 aliphatic rings. The van der Waals surface area contributed by atoms with E-state index in [2.05, 4.69) is 25.7 Å². The molecule has 0 aromatic rings. The van der Waals surface area contributed by atoms with Gasteiger partial charge in [-0.1, -0.05) is 20.8 Å². The van der Waals surface area contributed by atoms with Gasteiger partial charge in [0.05, 0.1) is 6.10 Å². The lowest BCUT2D eigenvalue weighted by atomic mass is 9.72. The van der Waals surface area contributed by atoms with Crippen molar-refractivity contribution in [1.29, 1.82) is 0 Å². The van der Waals surface area contributed by atoms with Crippen LogP contribution < -0.4 is 0 Å². The topological polar surface area (TPSA) is 29.5 Å². The van der Waals surface area contributed by atoms with Crippen molar-refractivity contribution in [3.05, 3.63) is 0 Å². The third-order valence-electron chi connectivity index (χ3n) is 3.05. The van der Waals surface area contributed by atoms with Crippen LogP contribution in [0, 0.1) is 11.3 Å². The molecule has 0 amide bonds. The van der Waals surface area contributed by atoms with Crippen LogP contribution in [-0.2, 0) is 4.89 Å². The summed E-state index contributed by atoms with van der Waals surface area (Å²) in [6.07, 6.45) is 4.50. The Morgan fingerprint density at radius 3 is 1.92 bits per heavy atom. The lowest BCUT2D eigenvalue weighted by Crippen LogP contribution is -2.28. The second-order valence-electron chi connectivity index (χ2n) is 4.95. The molecule has 0 spiro atoms. The highest BCUT2D eigenvalue weighted by Gasteiger charge is 2.29. The Balaban J connectivity index is 2.36. The van der Waals surface area contributed by atoms with Crippen LogP contribution in [0.4, 0.5) is 0 Å². The van der Waals surface area contributed by atoms with Gasteiger partial charge in [-0.25, -0.2) is 4.89 Å². The summed E-state index contributed by atoms with van der Waals surface area (Å²) in [5.41, 5.74) is 0.417. The van der Waals surface area contributed by atoms with E-state index >= 15 is 0 Å². The molecule has 0 unspecified atom stereocenters. The van der Waals surface area contributed by atoms with Gasteiger partial charge in [-0.2, -0.15) is 0 Å². The molecular formula is C10H20O2. The third-order valence-corrected chi connectivity index (χ3v) is 3.05. The van der Waals surface area contributed by atoms with Gasteiger partial charge in [-0.05, 0) is 37.0 Å². The molecule has 1 saturated carbocycles. The smallest absolute Gasteiger partial charge is 0.0927 e. The van der Waals surface area contributed by atoms with E-state index in [4.69, 9.17) is 5.26 Å². The third kappa shape index (κ3) is 2.46. The first-order chi connectivity index (χ1) is 5.54. The lowest BCUT2D eigenvalue weighted by molar-refractivity contribution is -0.286. The van der Waals surface area contributed by atoms with Gasteiger partial charge in [0.15, 0.2) is 0 Å².